The number of hydrogen-bond donors (Lipinski definition) is 2. The van der Waals surface area contributed by atoms with Crippen LogP contribution in [0, 0.1) is 11.8 Å². The summed E-state index contributed by atoms with van der Waals surface area (Å²) in [5, 5.41) is 20.9. The first kappa shape index (κ1) is 16.2. The number of aromatic carboxylic acids is 1. The van der Waals surface area contributed by atoms with Crippen molar-refractivity contribution in [2.45, 2.75) is 12.0 Å². The van der Waals surface area contributed by atoms with Gasteiger partial charge in [-0.2, -0.15) is 0 Å². The van der Waals surface area contributed by atoms with Crippen molar-refractivity contribution >= 4 is 23.2 Å². The van der Waals surface area contributed by atoms with Gasteiger partial charge in [-0.25, -0.2) is 9.78 Å². The molecule has 122 valence electrons. The molecule has 2 heterocycles. The van der Waals surface area contributed by atoms with Crippen LogP contribution in [0.25, 0.3) is 11.3 Å². The largest absolute Gasteiger partial charge is 0.476 e. The number of aliphatic hydroxyl groups is 1. The summed E-state index contributed by atoms with van der Waals surface area (Å²) in [7, 11) is 1.63. The number of hydrogen-bond acceptors (Lipinski definition) is 5. The van der Waals surface area contributed by atoms with Gasteiger partial charge in [0.15, 0.2) is 0 Å². The molecule has 2 N–H and O–H groups in total. The Morgan fingerprint density at radius 1 is 1.46 bits per heavy atom. The Hall–Kier alpha value is -2.69. The van der Waals surface area contributed by atoms with E-state index in [9.17, 15) is 14.7 Å². The molecule has 3 rings (SSSR count). The second-order valence-electron chi connectivity index (χ2n) is 5.51. The smallest absolute Gasteiger partial charge is 0.365 e. The maximum Gasteiger partial charge on any atom is 0.365 e. The van der Waals surface area contributed by atoms with Crippen molar-refractivity contribution in [3.63, 3.8) is 0 Å². The Morgan fingerprint density at radius 2 is 2.25 bits per heavy atom. The molecule has 2 aromatic rings. The summed E-state index contributed by atoms with van der Waals surface area (Å²) in [4.78, 5) is 28.3. The molecule has 0 bridgehead atoms. The minimum atomic E-state index is -1.64. The zero-order valence-corrected chi connectivity index (χ0v) is 13.6. The molecule has 1 aliphatic rings. The molecule has 1 amide bonds. The highest BCUT2D eigenvalue weighted by atomic mass is 32.1. The minimum Gasteiger partial charge on any atom is -0.476 e. The van der Waals surface area contributed by atoms with E-state index in [0.29, 0.717) is 17.8 Å². The van der Waals surface area contributed by atoms with Gasteiger partial charge in [-0.15, -0.1) is 11.3 Å². The van der Waals surface area contributed by atoms with Crippen LogP contribution in [0.4, 0.5) is 0 Å². The highest BCUT2D eigenvalue weighted by Gasteiger charge is 2.42. The second-order valence-corrected chi connectivity index (χ2v) is 6.37. The second kappa shape index (κ2) is 6.07. The van der Waals surface area contributed by atoms with Gasteiger partial charge in [0.05, 0.1) is 5.69 Å². The molecule has 7 heteroatoms. The number of likely N-dealkylation sites (N-methyl/N-ethyl adjacent to an activating group) is 1. The molecule has 1 aromatic heterocycles. The summed E-state index contributed by atoms with van der Waals surface area (Å²) in [5.41, 5.74) is 0.263. The first-order valence-corrected chi connectivity index (χ1v) is 8.07. The Labute approximate surface area is 142 Å². The lowest BCUT2D eigenvalue weighted by molar-refractivity contribution is -0.137. The molecule has 6 nitrogen and oxygen atoms in total. The van der Waals surface area contributed by atoms with E-state index in [1.807, 2.05) is 0 Å². The van der Waals surface area contributed by atoms with Crippen molar-refractivity contribution in [3.05, 3.63) is 40.2 Å². The number of rotatable bonds is 2. The number of benzene rings is 1. The standard InChI is InChI=1S/C17H14N2O4S/c1-19-8-7-17(23,16(19)22)6-5-11-3-2-4-12(9-11)13-10-24-14(18-13)15(20)21/h2-4,9-10,23H,7-8H2,1H3,(H,20,21)/t17-/m0/s1. The lowest BCUT2D eigenvalue weighted by Crippen LogP contribution is -2.37. The predicted molar refractivity (Wildman–Crippen MR) is 88.6 cm³/mol. The van der Waals surface area contributed by atoms with E-state index >= 15 is 0 Å². The van der Waals surface area contributed by atoms with Crippen molar-refractivity contribution in [1.29, 1.82) is 0 Å². The predicted octanol–water partition coefficient (Wildman–Crippen LogP) is 1.45. The third kappa shape index (κ3) is 3.02. The Kier molecular flexibility index (Phi) is 4.09. The van der Waals surface area contributed by atoms with Gasteiger partial charge in [0.2, 0.25) is 10.6 Å². The maximum atomic E-state index is 11.9. The van der Waals surface area contributed by atoms with Crippen LogP contribution in [-0.2, 0) is 4.79 Å². The van der Waals surface area contributed by atoms with Crippen LogP contribution in [0.5, 0.6) is 0 Å². The number of aromatic nitrogens is 1. The van der Waals surface area contributed by atoms with Crippen molar-refractivity contribution in [1.82, 2.24) is 9.88 Å². The number of likely N-dealkylation sites (tertiary alicyclic amines) is 1. The normalized spacial score (nSPS) is 19.9. The van der Waals surface area contributed by atoms with Crippen molar-refractivity contribution in [3.8, 4) is 23.1 Å². The fraction of sp³-hybridized carbons (Fsp3) is 0.235. The van der Waals surface area contributed by atoms with E-state index in [1.54, 1.807) is 36.7 Å². The fourth-order valence-corrected chi connectivity index (χ4v) is 3.07. The Bertz CT molecular complexity index is 880. The third-order valence-electron chi connectivity index (χ3n) is 3.77. The van der Waals surface area contributed by atoms with E-state index in [2.05, 4.69) is 16.8 Å². The number of carbonyl (C=O) groups is 2. The highest BCUT2D eigenvalue weighted by Crippen LogP contribution is 2.24. The molecule has 1 fully saturated rings. The van der Waals surface area contributed by atoms with Crippen molar-refractivity contribution in [2.24, 2.45) is 0 Å². The van der Waals surface area contributed by atoms with Crippen LogP contribution in [0.3, 0.4) is 0 Å². The minimum absolute atomic E-state index is 0.0235. The number of thiazole rings is 1. The summed E-state index contributed by atoms with van der Waals surface area (Å²) < 4.78 is 0. The summed E-state index contributed by atoms with van der Waals surface area (Å²) in [6, 6.07) is 7.08. The Morgan fingerprint density at radius 3 is 2.88 bits per heavy atom. The van der Waals surface area contributed by atoms with Crippen LogP contribution in [-0.4, -0.2) is 51.2 Å². The molecule has 0 radical (unpaired) electrons. The molecular weight excluding hydrogens is 328 g/mol. The average Bonchev–Trinajstić information content (AvgIpc) is 3.16. The first-order valence-electron chi connectivity index (χ1n) is 7.19. The Balaban J connectivity index is 1.88. The zero-order chi connectivity index (χ0) is 17.3. The molecule has 0 saturated carbocycles. The van der Waals surface area contributed by atoms with Crippen LogP contribution >= 0.6 is 11.3 Å². The summed E-state index contributed by atoms with van der Waals surface area (Å²) in [6.45, 7) is 0.473. The van der Waals surface area contributed by atoms with E-state index < -0.39 is 17.5 Å². The van der Waals surface area contributed by atoms with Crippen LogP contribution in [0.2, 0.25) is 0 Å². The molecule has 0 spiro atoms. The zero-order valence-electron chi connectivity index (χ0n) is 12.8. The third-order valence-corrected chi connectivity index (χ3v) is 4.60. The van der Waals surface area contributed by atoms with E-state index in [1.165, 1.54) is 4.90 Å². The molecule has 1 saturated heterocycles. The first-order chi connectivity index (χ1) is 11.4. The van der Waals surface area contributed by atoms with Crippen molar-refractivity contribution in [2.75, 3.05) is 13.6 Å². The number of carbonyl (C=O) groups excluding carboxylic acids is 1. The maximum absolute atomic E-state index is 11.9. The number of carboxylic acid groups (broad SMARTS) is 1. The molecular formula is C17H14N2O4S. The number of carboxylic acids is 1. The number of amides is 1. The van der Waals surface area contributed by atoms with E-state index in [-0.39, 0.29) is 11.4 Å². The van der Waals surface area contributed by atoms with Crippen molar-refractivity contribution < 1.29 is 19.8 Å². The molecule has 1 aromatic carbocycles. The van der Waals surface area contributed by atoms with Gasteiger partial charge >= 0.3 is 5.97 Å². The molecule has 1 atom stereocenters. The van der Waals surface area contributed by atoms with E-state index in [4.69, 9.17) is 5.11 Å². The highest BCUT2D eigenvalue weighted by molar-refractivity contribution is 7.11. The molecule has 24 heavy (non-hydrogen) atoms. The topological polar surface area (TPSA) is 90.7 Å². The SMILES string of the molecule is CN1CC[C@@](O)(C#Cc2cccc(-c3csc(C(=O)O)n3)c2)C1=O. The average molecular weight is 342 g/mol. The molecule has 1 aliphatic heterocycles. The summed E-state index contributed by atoms with van der Waals surface area (Å²) in [6.07, 6.45) is 0.281. The van der Waals surface area contributed by atoms with Gasteiger partial charge in [-0.3, -0.25) is 4.79 Å². The quantitative estimate of drug-likeness (QED) is 0.806. The van der Waals surface area contributed by atoms with Gasteiger partial charge in [0.1, 0.15) is 0 Å². The summed E-state index contributed by atoms with van der Waals surface area (Å²) >= 11 is 1.06. The molecule has 0 unspecified atom stereocenters. The van der Waals surface area contributed by atoms with Crippen LogP contribution in [0.1, 0.15) is 21.8 Å². The molecule has 0 aliphatic carbocycles. The van der Waals surface area contributed by atoms with Crippen LogP contribution < -0.4 is 0 Å². The van der Waals surface area contributed by atoms with Gasteiger partial charge < -0.3 is 15.1 Å². The fourth-order valence-electron chi connectivity index (χ4n) is 2.41. The number of nitrogens with zero attached hydrogens (tertiary/aromatic N) is 2. The van der Waals surface area contributed by atoms with Gasteiger partial charge in [0.25, 0.3) is 5.91 Å². The summed E-state index contributed by atoms with van der Waals surface area (Å²) in [5.74, 6) is 4.03. The monoisotopic (exact) mass is 342 g/mol. The van der Waals surface area contributed by atoms with Gasteiger partial charge in [-0.05, 0) is 12.1 Å². The lowest BCUT2D eigenvalue weighted by atomic mass is 10.0. The van der Waals surface area contributed by atoms with Gasteiger partial charge in [-0.1, -0.05) is 24.0 Å². The lowest BCUT2D eigenvalue weighted by Gasteiger charge is -2.13. The van der Waals surface area contributed by atoms with Gasteiger partial charge in [0, 0.05) is 36.5 Å². The van der Waals surface area contributed by atoms with Crippen LogP contribution in [0.15, 0.2) is 29.6 Å². The van der Waals surface area contributed by atoms with E-state index in [0.717, 1.165) is 16.9 Å².